The lowest BCUT2D eigenvalue weighted by Crippen LogP contribution is -1.97. The Hall–Kier alpha value is -0.960. The summed E-state index contributed by atoms with van der Waals surface area (Å²) in [5.41, 5.74) is 2.21. The molecule has 2 rings (SSSR count). The Labute approximate surface area is 85.3 Å². The third-order valence-corrected chi connectivity index (χ3v) is 2.80. The van der Waals surface area contributed by atoms with Gasteiger partial charge in [-0.25, -0.2) is 0 Å². The van der Waals surface area contributed by atoms with Gasteiger partial charge in [-0.05, 0) is 24.6 Å². The second-order valence-corrected chi connectivity index (χ2v) is 3.74. The molecule has 0 N–H and O–H groups in total. The van der Waals surface area contributed by atoms with Crippen molar-refractivity contribution in [3.05, 3.63) is 46.3 Å². The standard InChI is InChI=1S/C10H9BrO2/c1-7-6-8(2-3-9(7)11)10-12-4-5-13-10/h2-6,10H,1H3. The first kappa shape index (κ1) is 8.63. The first-order valence-electron chi connectivity index (χ1n) is 3.99. The Balaban J connectivity index is 2.26. The summed E-state index contributed by atoms with van der Waals surface area (Å²) in [5, 5.41) is 0. The van der Waals surface area contributed by atoms with Crippen LogP contribution in [0.25, 0.3) is 0 Å². The molecule has 0 saturated carbocycles. The van der Waals surface area contributed by atoms with Gasteiger partial charge in [-0.3, -0.25) is 0 Å². The van der Waals surface area contributed by atoms with Crippen molar-refractivity contribution in [3.63, 3.8) is 0 Å². The van der Waals surface area contributed by atoms with Crippen molar-refractivity contribution in [1.82, 2.24) is 0 Å². The van der Waals surface area contributed by atoms with Crippen LogP contribution in [0.5, 0.6) is 0 Å². The lowest BCUT2D eigenvalue weighted by atomic mass is 10.1. The smallest absolute Gasteiger partial charge is 0.266 e. The molecule has 1 aromatic rings. The van der Waals surface area contributed by atoms with Crippen molar-refractivity contribution in [2.45, 2.75) is 13.2 Å². The summed E-state index contributed by atoms with van der Waals surface area (Å²) in [4.78, 5) is 0. The summed E-state index contributed by atoms with van der Waals surface area (Å²) in [7, 11) is 0. The van der Waals surface area contributed by atoms with Gasteiger partial charge in [-0.1, -0.05) is 22.0 Å². The van der Waals surface area contributed by atoms with Crippen LogP contribution in [-0.2, 0) is 9.47 Å². The number of benzene rings is 1. The van der Waals surface area contributed by atoms with Gasteiger partial charge in [0, 0.05) is 10.0 Å². The van der Waals surface area contributed by atoms with Crippen LogP contribution >= 0.6 is 15.9 Å². The van der Waals surface area contributed by atoms with Gasteiger partial charge < -0.3 is 9.47 Å². The molecule has 0 fully saturated rings. The number of hydrogen-bond acceptors (Lipinski definition) is 2. The molecule has 1 aromatic carbocycles. The van der Waals surface area contributed by atoms with Crippen LogP contribution < -0.4 is 0 Å². The third-order valence-electron chi connectivity index (χ3n) is 1.91. The molecular formula is C10H9BrO2. The summed E-state index contributed by atoms with van der Waals surface area (Å²) in [5.74, 6) is 0. The summed E-state index contributed by atoms with van der Waals surface area (Å²) in [6, 6.07) is 6.02. The molecule has 0 saturated heterocycles. The topological polar surface area (TPSA) is 18.5 Å². The number of halogens is 1. The quantitative estimate of drug-likeness (QED) is 0.751. The number of ether oxygens (including phenoxy) is 2. The Morgan fingerprint density at radius 1 is 1.23 bits per heavy atom. The van der Waals surface area contributed by atoms with E-state index in [1.165, 1.54) is 5.56 Å². The fraction of sp³-hybridized carbons (Fsp3) is 0.200. The first-order valence-corrected chi connectivity index (χ1v) is 4.78. The molecule has 68 valence electrons. The second kappa shape index (κ2) is 3.42. The summed E-state index contributed by atoms with van der Waals surface area (Å²) in [6.07, 6.45) is 2.84. The monoisotopic (exact) mass is 240 g/mol. The molecular weight excluding hydrogens is 232 g/mol. The van der Waals surface area contributed by atoms with Gasteiger partial charge in [0.05, 0.1) is 0 Å². The van der Waals surface area contributed by atoms with E-state index in [-0.39, 0.29) is 6.29 Å². The van der Waals surface area contributed by atoms with E-state index in [0.29, 0.717) is 0 Å². The van der Waals surface area contributed by atoms with E-state index in [2.05, 4.69) is 15.9 Å². The van der Waals surface area contributed by atoms with Crippen molar-refractivity contribution in [1.29, 1.82) is 0 Å². The van der Waals surface area contributed by atoms with Crippen LogP contribution in [-0.4, -0.2) is 0 Å². The molecule has 13 heavy (non-hydrogen) atoms. The van der Waals surface area contributed by atoms with Crippen LogP contribution in [0.2, 0.25) is 0 Å². The number of hydrogen-bond donors (Lipinski definition) is 0. The van der Waals surface area contributed by atoms with E-state index in [1.54, 1.807) is 12.5 Å². The highest BCUT2D eigenvalue weighted by molar-refractivity contribution is 9.10. The van der Waals surface area contributed by atoms with Crippen LogP contribution in [0.4, 0.5) is 0 Å². The zero-order chi connectivity index (χ0) is 9.26. The minimum Gasteiger partial charge on any atom is -0.455 e. The van der Waals surface area contributed by atoms with Crippen LogP contribution in [0.15, 0.2) is 35.2 Å². The molecule has 1 heterocycles. The van der Waals surface area contributed by atoms with E-state index in [1.807, 2.05) is 25.1 Å². The number of aryl methyl sites for hydroxylation is 1. The molecule has 1 aliphatic heterocycles. The van der Waals surface area contributed by atoms with E-state index in [0.717, 1.165) is 10.0 Å². The molecule has 0 spiro atoms. The van der Waals surface area contributed by atoms with Crippen LogP contribution in [0.3, 0.4) is 0 Å². The highest BCUT2D eigenvalue weighted by atomic mass is 79.9. The zero-order valence-electron chi connectivity index (χ0n) is 7.16. The fourth-order valence-electron chi connectivity index (χ4n) is 1.21. The van der Waals surface area contributed by atoms with E-state index in [9.17, 15) is 0 Å². The minimum atomic E-state index is -0.271. The maximum Gasteiger partial charge on any atom is 0.266 e. The predicted molar refractivity (Wildman–Crippen MR) is 52.9 cm³/mol. The summed E-state index contributed by atoms with van der Waals surface area (Å²) in [6.45, 7) is 2.04. The Bertz CT molecular complexity index is 339. The molecule has 3 heteroatoms. The van der Waals surface area contributed by atoms with Gasteiger partial charge in [-0.15, -0.1) is 0 Å². The largest absolute Gasteiger partial charge is 0.455 e. The van der Waals surface area contributed by atoms with Gasteiger partial charge in [-0.2, -0.15) is 0 Å². The Morgan fingerprint density at radius 2 is 1.92 bits per heavy atom. The van der Waals surface area contributed by atoms with E-state index >= 15 is 0 Å². The van der Waals surface area contributed by atoms with Gasteiger partial charge in [0.15, 0.2) is 0 Å². The normalized spacial score (nSPS) is 15.5. The predicted octanol–water partition coefficient (Wildman–Crippen LogP) is 3.27. The molecule has 0 unspecified atom stereocenters. The Morgan fingerprint density at radius 3 is 2.54 bits per heavy atom. The molecule has 2 nitrogen and oxygen atoms in total. The molecule has 0 radical (unpaired) electrons. The lowest BCUT2D eigenvalue weighted by Gasteiger charge is -2.11. The third kappa shape index (κ3) is 1.70. The SMILES string of the molecule is Cc1cc(C2OC=CO2)ccc1Br. The second-order valence-electron chi connectivity index (χ2n) is 2.88. The zero-order valence-corrected chi connectivity index (χ0v) is 8.74. The summed E-state index contributed by atoms with van der Waals surface area (Å²) >= 11 is 3.44. The van der Waals surface area contributed by atoms with Gasteiger partial charge in [0.2, 0.25) is 0 Å². The van der Waals surface area contributed by atoms with Gasteiger partial charge in [0.25, 0.3) is 6.29 Å². The maximum absolute atomic E-state index is 5.22. The van der Waals surface area contributed by atoms with Crippen LogP contribution in [0.1, 0.15) is 17.4 Å². The fourth-order valence-corrected chi connectivity index (χ4v) is 1.46. The Kier molecular flexibility index (Phi) is 2.27. The molecule has 1 aliphatic rings. The molecule has 0 amide bonds. The molecule has 0 aromatic heterocycles. The van der Waals surface area contributed by atoms with Crippen molar-refractivity contribution < 1.29 is 9.47 Å². The van der Waals surface area contributed by atoms with Crippen molar-refractivity contribution >= 4 is 15.9 Å². The average Bonchev–Trinajstić information content (AvgIpc) is 2.62. The molecule has 0 aliphatic carbocycles. The molecule has 0 bridgehead atoms. The van der Waals surface area contributed by atoms with E-state index in [4.69, 9.17) is 9.47 Å². The maximum atomic E-state index is 5.22. The van der Waals surface area contributed by atoms with Crippen molar-refractivity contribution in [2.75, 3.05) is 0 Å². The average molecular weight is 241 g/mol. The van der Waals surface area contributed by atoms with Gasteiger partial charge >= 0.3 is 0 Å². The highest BCUT2D eigenvalue weighted by Gasteiger charge is 2.15. The van der Waals surface area contributed by atoms with Crippen molar-refractivity contribution in [2.24, 2.45) is 0 Å². The highest BCUT2D eigenvalue weighted by Crippen LogP contribution is 2.27. The minimum absolute atomic E-state index is 0.271. The van der Waals surface area contributed by atoms with Gasteiger partial charge in [0.1, 0.15) is 12.5 Å². The first-order chi connectivity index (χ1) is 6.27. The number of rotatable bonds is 1. The van der Waals surface area contributed by atoms with E-state index < -0.39 is 0 Å². The molecule has 0 atom stereocenters. The summed E-state index contributed by atoms with van der Waals surface area (Å²) < 4.78 is 11.5. The van der Waals surface area contributed by atoms with Crippen molar-refractivity contribution in [3.8, 4) is 0 Å². The van der Waals surface area contributed by atoms with Crippen LogP contribution in [0, 0.1) is 6.92 Å². The lowest BCUT2D eigenvalue weighted by molar-refractivity contribution is -0.0246.